The van der Waals surface area contributed by atoms with Crippen LogP contribution in [0, 0.1) is 5.92 Å². The Morgan fingerprint density at radius 1 is 0.867 bits per heavy atom. The fourth-order valence-electron chi connectivity index (χ4n) is 1.46. The molecule has 0 rings (SSSR count). The quantitative estimate of drug-likeness (QED) is 0.608. The summed E-state index contributed by atoms with van der Waals surface area (Å²) in [7, 11) is -2.36. The van der Waals surface area contributed by atoms with Gasteiger partial charge in [-0.05, 0) is 37.7 Å². The number of hydrogen-bond donors (Lipinski definition) is 0. The van der Waals surface area contributed by atoms with Crippen molar-refractivity contribution in [2.45, 2.75) is 40.7 Å². The summed E-state index contributed by atoms with van der Waals surface area (Å²) in [6.45, 7) is 12.3. The molecule has 15 heavy (non-hydrogen) atoms. The topological polar surface area (TPSA) is 27.7 Å². The second-order valence-electron chi connectivity index (χ2n) is 3.58. The fourth-order valence-corrected chi connectivity index (χ4v) is 4.38. The van der Waals surface area contributed by atoms with Crippen LogP contribution in [0.1, 0.15) is 34.6 Å². The molecule has 0 aromatic carbocycles. The summed E-state index contributed by atoms with van der Waals surface area (Å²) in [6.07, 6.45) is 0. The maximum atomic E-state index is 5.72. The normalized spacial score (nSPS) is 11.6. The van der Waals surface area contributed by atoms with Gasteiger partial charge < -0.3 is 13.3 Å². The Bertz CT molecular complexity index is 126. The van der Waals surface area contributed by atoms with Crippen molar-refractivity contribution < 1.29 is 13.3 Å². The molecule has 0 amide bonds. The first-order chi connectivity index (χ1) is 6.60. The van der Waals surface area contributed by atoms with Gasteiger partial charge in [-0.1, -0.05) is 13.8 Å². The summed E-state index contributed by atoms with van der Waals surface area (Å²) < 4.78 is 17.1. The minimum Gasteiger partial charge on any atom is -0.374 e. The van der Waals surface area contributed by atoms with Crippen LogP contribution < -0.4 is 0 Å². The Labute approximate surface area is 99.9 Å². The molecule has 0 aliphatic carbocycles. The van der Waals surface area contributed by atoms with Crippen LogP contribution in [0.3, 0.4) is 0 Å². The molecule has 0 spiro atoms. The van der Waals surface area contributed by atoms with Crippen molar-refractivity contribution >= 4 is 19.8 Å². The summed E-state index contributed by atoms with van der Waals surface area (Å²) in [6, 6.07) is 0.905. The van der Waals surface area contributed by atoms with Crippen molar-refractivity contribution in [3.05, 3.63) is 0 Å². The highest BCUT2D eigenvalue weighted by molar-refractivity contribution is 6.60. The minimum absolute atomic E-state index is 0. The highest BCUT2D eigenvalue weighted by atomic mass is 28.4. The van der Waals surface area contributed by atoms with Gasteiger partial charge in [0.15, 0.2) is 0 Å². The monoisotopic (exact) mass is 252 g/mol. The molecule has 0 saturated carbocycles. The lowest BCUT2D eigenvalue weighted by Gasteiger charge is -2.29. The third-order valence-electron chi connectivity index (χ3n) is 1.75. The van der Waals surface area contributed by atoms with Gasteiger partial charge in [0.25, 0.3) is 0 Å². The fraction of sp³-hybridized carbons (Fsp3) is 1.00. The molecule has 0 radical (unpaired) electrons. The van der Waals surface area contributed by atoms with Crippen molar-refractivity contribution in [2.75, 3.05) is 19.8 Å². The standard InChI is InChI=1S/C10H24O3Si.H4Si/c1-6-11-14(12-7-2,13-8-3)9-10(4)5;/h10H,6-9H2,1-5H3;1H4. The molecule has 0 saturated heterocycles. The molecule has 0 unspecified atom stereocenters. The van der Waals surface area contributed by atoms with Crippen LogP contribution >= 0.6 is 0 Å². The van der Waals surface area contributed by atoms with Crippen molar-refractivity contribution in [2.24, 2.45) is 5.92 Å². The van der Waals surface area contributed by atoms with Crippen LogP contribution in [0.25, 0.3) is 0 Å². The zero-order valence-electron chi connectivity index (χ0n) is 10.1. The predicted octanol–water partition coefficient (Wildman–Crippen LogP) is 1.24. The van der Waals surface area contributed by atoms with E-state index < -0.39 is 8.80 Å². The molecule has 0 aromatic heterocycles. The molecule has 0 aromatic rings. The van der Waals surface area contributed by atoms with E-state index in [0.717, 1.165) is 6.04 Å². The molecule has 94 valence electrons. The van der Waals surface area contributed by atoms with Gasteiger partial charge in [0, 0.05) is 25.9 Å². The Hall–Kier alpha value is 0.314. The van der Waals surface area contributed by atoms with E-state index in [2.05, 4.69) is 13.8 Å². The van der Waals surface area contributed by atoms with Crippen LogP contribution in [0.2, 0.25) is 6.04 Å². The Morgan fingerprint density at radius 3 is 1.40 bits per heavy atom. The van der Waals surface area contributed by atoms with E-state index in [9.17, 15) is 0 Å². The largest absolute Gasteiger partial charge is 0.501 e. The average molecular weight is 253 g/mol. The van der Waals surface area contributed by atoms with Gasteiger partial charge >= 0.3 is 8.80 Å². The van der Waals surface area contributed by atoms with Gasteiger partial charge in [-0.2, -0.15) is 0 Å². The lowest BCUT2D eigenvalue weighted by molar-refractivity contribution is 0.0683. The van der Waals surface area contributed by atoms with Crippen molar-refractivity contribution in [3.63, 3.8) is 0 Å². The number of rotatable bonds is 8. The number of hydrogen-bond acceptors (Lipinski definition) is 3. The molecule has 0 aliphatic rings. The van der Waals surface area contributed by atoms with E-state index in [1.807, 2.05) is 20.8 Å². The van der Waals surface area contributed by atoms with E-state index in [4.69, 9.17) is 13.3 Å². The van der Waals surface area contributed by atoms with Gasteiger partial charge in [0.05, 0.1) is 0 Å². The molecule has 0 bridgehead atoms. The van der Waals surface area contributed by atoms with E-state index in [0.29, 0.717) is 25.7 Å². The van der Waals surface area contributed by atoms with Crippen LogP contribution in [-0.4, -0.2) is 39.6 Å². The molecule has 5 heteroatoms. The van der Waals surface area contributed by atoms with Crippen molar-refractivity contribution in [3.8, 4) is 0 Å². The SMILES string of the molecule is CCO[Si](CC(C)C)(OCC)OCC.[SiH4]. The maximum Gasteiger partial charge on any atom is 0.501 e. The summed E-state index contributed by atoms with van der Waals surface area (Å²) >= 11 is 0. The van der Waals surface area contributed by atoms with Crippen LogP contribution in [0.5, 0.6) is 0 Å². The highest BCUT2D eigenvalue weighted by Crippen LogP contribution is 2.20. The molecule has 0 aliphatic heterocycles. The van der Waals surface area contributed by atoms with Gasteiger partial charge in [-0.3, -0.25) is 0 Å². The molecule has 3 nitrogen and oxygen atoms in total. The molecule has 0 heterocycles. The van der Waals surface area contributed by atoms with Crippen molar-refractivity contribution in [1.29, 1.82) is 0 Å². The van der Waals surface area contributed by atoms with E-state index >= 15 is 0 Å². The second-order valence-corrected chi connectivity index (χ2v) is 6.22. The summed E-state index contributed by atoms with van der Waals surface area (Å²) in [5.41, 5.74) is 0. The summed E-state index contributed by atoms with van der Waals surface area (Å²) in [4.78, 5) is 0. The van der Waals surface area contributed by atoms with Crippen LogP contribution in [0.15, 0.2) is 0 Å². The third kappa shape index (κ3) is 7.24. The Kier molecular flexibility index (Phi) is 11.2. The second kappa shape index (κ2) is 9.53. The Morgan fingerprint density at radius 2 is 1.20 bits per heavy atom. The van der Waals surface area contributed by atoms with Gasteiger partial charge in [0.1, 0.15) is 0 Å². The zero-order valence-corrected chi connectivity index (χ0v) is 11.1. The summed E-state index contributed by atoms with van der Waals surface area (Å²) in [5.74, 6) is 0.548. The van der Waals surface area contributed by atoms with Gasteiger partial charge in [0.2, 0.25) is 0 Å². The molecular formula is C10H28O3Si2. The smallest absolute Gasteiger partial charge is 0.374 e. The average Bonchev–Trinajstić information content (AvgIpc) is 2.03. The Balaban J connectivity index is 0. The van der Waals surface area contributed by atoms with E-state index in [-0.39, 0.29) is 11.0 Å². The first-order valence-electron chi connectivity index (χ1n) is 5.52. The molecule has 0 fully saturated rings. The van der Waals surface area contributed by atoms with Crippen LogP contribution in [-0.2, 0) is 13.3 Å². The molecule has 0 atom stereocenters. The third-order valence-corrected chi connectivity index (χ3v) is 5.25. The van der Waals surface area contributed by atoms with E-state index in [1.165, 1.54) is 0 Å². The first kappa shape index (κ1) is 17.7. The lowest BCUT2D eigenvalue weighted by Crippen LogP contribution is -2.46. The summed E-state index contributed by atoms with van der Waals surface area (Å²) in [5, 5.41) is 0. The minimum atomic E-state index is -2.36. The maximum absolute atomic E-state index is 5.72. The molecule has 0 N–H and O–H groups in total. The highest BCUT2D eigenvalue weighted by Gasteiger charge is 2.40. The zero-order chi connectivity index (χ0) is 11.0. The first-order valence-corrected chi connectivity index (χ1v) is 7.45. The predicted molar refractivity (Wildman–Crippen MR) is 71.6 cm³/mol. The van der Waals surface area contributed by atoms with Crippen LogP contribution in [0.4, 0.5) is 0 Å². The van der Waals surface area contributed by atoms with Gasteiger partial charge in [-0.15, -0.1) is 0 Å². The van der Waals surface area contributed by atoms with E-state index in [1.54, 1.807) is 0 Å². The lowest BCUT2D eigenvalue weighted by atomic mass is 10.3. The van der Waals surface area contributed by atoms with Crippen molar-refractivity contribution in [1.82, 2.24) is 0 Å². The molecular weight excluding hydrogens is 224 g/mol. The van der Waals surface area contributed by atoms with Gasteiger partial charge in [-0.25, -0.2) is 0 Å².